The number of rotatable bonds is 5. The Morgan fingerprint density at radius 2 is 2.27 bits per heavy atom. The molecule has 2 rings (SSSR count). The van der Waals surface area contributed by atoms with E-state index in [1.54, 1.807) is 17.9 Å². The first-order chi connectivity index (χ1) is 10.5. The zero-order valence-corrected chi connectivity index (χ0v) is 13.4. The second-order valence-electron chi connectivity index (χ2n) is 6.08. The van der Waals surface area contributed by atoms with Gasteiger partial charge in [-0.2, -0.15) is 0 Å². The monoisotopic (exact) mass is 308 g/mol. The zero-order valence-electron chi connectivity index (χ0n) is 13.4. The predicted octanol–water partition coefficient (Wildman–Crippen LogP) is 2.14. The van der Waals surface area contributed by atoms with Crippen LogP contribution in [0.15, 0.2) is 10.6 Å². The molecule has 1 aromatic rings. The van der Waals surface area contributed by atoms with Crippen LogP contribution in [0.1, 0.15) is 38.9 Å². The number of hydrogen-bond donors (Lipinski definition) is 2. The van der Waals surface area contributed by atoms with Crippen molar-refractivity contribution in [3.8, 4) is 0 Å². The fourth-order valence-electron chi connectivity index (χ4n) is 2.49. The van der Waals surface area contributed by atoms with Crippen molar-refractivity contribution in [2.45, 2.75) is 46.1 Å². The summed E-state index contributed by atoms with van der Waals surface area (Å²) in [4.78, 5) is 26.1. The number of anilines is 1. The summed E-state index contributed by atoms with van der Waals surface area (Å²) in [5.74, 6) is 1.33. The Labute approximate surface area is 130 Å². The summed E-state index contributed by atoms with van der Waals surface area (Å²) in [7, 11) is 0. The lowest BCUT2D eigenvalue weighted by Gasteiger charge is -2.24. The lowest BCUT2D eigenvalue weighted by molar-refractivity contribution is -0.119. The minimum atomic E-state index is -0.448. The van der Waals surface area contributed by atoms with Crippen LogP contribution >= 0.6 is 0 Å². The largest absolute Gasteiger partial charge is 0.360 e. The van der Waals surface area contributed by atoms with Gasteiger partial charge in [0.15, 0.2) is 5.82 Å². The molecule has 1 aliphatic rings. The van der Waals surface area contributed by atoms with Gasteiger partial charge in [0.2, 0.25) is 5.91 Å². The summed E-state index contributed by atoms with van der Waals surface area (Å²) >= 11 is 0. The molecule has 3 amide bonds. The summed E-state index contributed by atoms with van der Waals surface area (Å²) < 4.78 is 4.92. The normalized spacial score (nSPS) is 17.8. The minimum Gasteiger partial charge on any atom is -0.360 e. The number of hydrogen-bond acceptors (Lipinski definition) is 4. The molecule has 122 valence electrons. The Morgan fingerprint density at radius 1 is 1.50 bits per heavy atom. The highest BCUT2D eigenvalue weighted by Crippen LogP contribution is 2.19. The van der Waals surface area contributed by atoms with E-state index in [9.17, 15) is 9.59 Å². The molecule has 0 unspecified atom stereocenters. The fraction of sp³-hybridized carbons (Fsp3) is 0.667. The van der Waals surface area contributed by atoms with Crippen LogP contribution in [0.25, 0.3) is 0 Å². The Balaban J connectivity index is 1.89. The Morgan fingerprint density at radius 3 is 2.91 bits per heavy atom. The molecule has 7 heteroatoms. The van der Waals surface area contributed by atoms with Crippen LogP contribution < -0.4 is 10.6 Å². The molecule has 0 aromatic carbocycles. The predicted molar refractivity (Wildman–Crippen MR) is 82.5 cm³/mol. The van der Waals surface area contributed by atoms with E-state index in [0.29, 0.717) is 37.0 Å². The summed E-state index contributed by atoms with van der Waals surface area (Å²) in [5, 5.41) is 9.32. The number of nitrogens with one attached hydrogen (secondary N) is 2. The van der Waals surface area contributed by atoms with Gasteiger partial charge in [0, 0.05) is 19.2 Å². The maximum absolute atomic E-state index is 12.3. The highest BCUT2D eigenvalue weighted by Gasteiger charge is 2.34. The van der Waals surface area contributed by atoms with Crippen LogP contribution in [0, 0.1) is 12.8 Å². The molecule has 0 spiro atoms. The summed E-state index contributed by atoms with van der Waals surface area (Å²) in [5.41, 5.74) is 0. The van der Waals surface area contributed by atoms with E-state index in [0.717, 1.165) is 12.8 Å². The average molecular weight is 308 g/mol. The lowest BCUT2D eigenvalue weighted by atomic mass is 10.1. The Kier molecular flexibility index (Phi) is 5.41. The molecule has 7 nitrogen and oxygen atoms in total. The summed E-state index contributed by atoms with van der Waals surface area (Å²) in [6, 6.07) is 1.03. The first kappa shape index (κ1) is 16.3. The van der Waals surface area contributed by atoms with Crippen LogP contribution in [0.5, 0.6) is 0 Å². The van der Waals surface area contributed by atoms with Crippen molar-refractivity contribution in [2.75, 3.05) is 18.4 Å². The molecule has 0 saturated carbocycles. The van der Waals surface area contributed by atoms with Crippen molar-refractivity contribution in [3.63, 3.8) is 0 Å². The van der Waals surface area contributed by atoms with Gasteiger partial charge in [-0.15, -0.1) is 0 Å². The van der Waals surface area contributed by atoms with Crippen molar-refractivity contribution in [2.24, 2.45) is 5.92 Å². The Hall–Kier alpha value is -2.05. The van der Waals surface area contributed by atoms with Crippen molar-refractivity contribution in [1.29, 1.82) is 0 Å². The molecule has 1 atom stereocenters. The van der Waals surface area contributed by atoms with E-state index in [1.165, 1.54) is 0 Å². The maximum atomic E-state index is 12.3. The van der Waals surface area contributed by atoms with Crippen LogP contribution in [0.3, 0.4) is 0 Å². The average Bonchev–Trinajstić information content (AvgIpc) is 3.07. The first-order valence-corrected chi connectivity index (χ1v) is 7.76. The third-order valence-electron chi connectivity index (χ3n) is 3.69. The number of nitrogens with zero attached hydrogens (tertiary/aromatic N) is 2. The molecule has 0 radical (unpaired) electrons. The van der Waals surface area contributed by atoms with Crippen molar-refractivity contribution >= 4 is 17.8 Å². The summed E-state index contributed by atoms with van der Waals surface area (Å²) in [6.45, 7) is 7.20. The van der Waals surface area contributed by atoms with E-state index >= 15 is 0 Å². The topological polar surface area (TPSA) is 87.5 Å². The molecule has 2 N–H and O–H groups in total. The molecule has 2 heterocycles. The molecule has 1 saturated heterocycles. The van der Waals surface area contributed by atoms with Gasteiger partial charge in [-0.1, -0.05) is 19.0 Å². The molecule has 0 aliphatic carbocycles. The first-order valence-electron chi connectivity index (χ1n) is 7.76. The van der Waals surface area contributed by atoms with Gasteiger partial charge < -0.3 is 20.1 Å². The van der Waals surface area contributed by atoms with E-state index < -0.39 is 6.04 Å². The maximum Gasteiger partial charge on any atom is 0.318 e. The molecule has 1 aromatic heterocycles. The lowest BCUT2D eigenvalue weighted by Crippen LogP contribution is -2.48. The molecule has 22 heavy (non-hydrogen) atoms. The highest BCUT2D eigenvalue weighted by atomic mass is 16.5. The number of likely N-dealkylation sites (tertiary alicyclic amines) is 1. The zero-order chi connectivity index (χ0) is 16.1. The van der Waals surface area contributed by atoms with Gasteiger partial charge >= 0.3 is 6.03 Å². The van der Waals surface area contributed by atoms with Crippen LogP contribution in [0.4, 0.5) is 10.6 Å². The second kappa shape index (κ2) is 7.29. The molecular formula is C15H24N4O3. The van der Waals surface area contributed by atoms with E-state index in [1.807, 2.05) is 0 Å². The number of amides is 3. The molecule has 0 bridgehead atoms. The number of urea groups is 1. The molecule has 1 aliphatic heterocycles. The van der Waals surface area contributed by atoms with Gasteiger partial charge in [-0.05, 0) is 32.1 Å². The Bertz CT molecular complexity index is 527. The second-order valence-corrected chi connectivity index (χ2v) is 6.08. The number of aromatic nitrogens is 1. The quantitative estimate of drug-likeness (QED) is 0.872. The third-order valence-corrected chi connectivity index (χ3v) is 3.69. The van der Waals surface area contributed by atoms with Gasteiger partial charge in [-0.3, -0.25) is 4.79 Å². The van der Waals surface area contributed by atoms with Gasteiger partial charge in [0.25, 0.3) is 0 Å². The molecule has 1 fully saturated rings. The van der Waals surface area contributed by atoms with E-state index in [2.05, 4.69) is 29.6 Å². The van der Waals surface area contributed by atoms with Crippen molar-refractivity contribution in [3.05, 3.63) is 11.8 Å². The fourth-order valence-corrected chi connectivity index (χ4v) is 2.49. The van der Waals surface area contributed by atoms with Crippen molar-refractivity contribution in [1.82, 2.24) is 15.4 Å². The minimum absolute atomic E-state index is 0.172. The number of aryl methyl sites for hydroxylation is 1. The standard InChI is InChI=1S/C15H24N4O3/c1-10(2)6-7-16-15(21)19-8-4-5-12(19)14(20)17-13-9-11(3)22-18-13/h9-10,12H,4-8H2,1-3H3,(H,16,21)(H,17,18,20)/t12-/m0/s1. The number of carbonyl (C=O) groups is 2. The van der Waals surface area contributed by atoms with E-state index in [4.69, 9.17) is 4.52 Å². The number of carbonyl (C=O) groups excluding carboxylic acids is 2. The smallest absolute Gasteiger partial charge is 0.318 e. The van der Waals surface area contributed by atoms with E-state index in [-0.39, 0.29) is 11.9 Å². The van der Waals surface area contributed by atoms with Crippen molar-refractivity contribution < 1.29 is 14.1 Å². The summed E-state index contributed by atoms with van der Waals surface area (Å²) in [6.07, 6.45) is 2.42. The van der Waals surface area contributed by atoms with Gasteiger partial charge in [0.05, 0.1) is 0 Å². The third kappa shape index (κ3) is 4.22. The highest BCUT2D eigenvalue weighted by molar-refractivity contribution is 5.96. The van der Waals surface area contributed by atoms with Crippen LogP contribution in [-0.4, -0.2) is 41.1 Å². The van der Waals surface area contributed by atoms with Gasteiger partial charge in [0.1, 0.15) is 11.8 Å². The molecular weight excluding hydrogens is 284 g/mol. The van der Waals surface area contributed by atoms with Gasteiger partial charge in [-0.25, -0.2) is 4.79 Å². The SMILES string of the molecule is Cc1cc(NC(=O)[C@@H]2CCCN2C(=O)NCCC(C)C)no1. The van der Waals surface area contributed by atoms with Crippen LogP contribution in [-0.2, 0) is 4.79 Å². The van der Waals surface area contributed by atoms with Crippen LogP contribution in [0.2, 0.25) is 0 Å².